The number of likely N-dealkylation sites (tertiary alicyclic amines) is 1. The lowest BCUT2D eigenvalue weighted by Crippen LogP contribution is -2.52. The Labute approximate surface area is 104 Å². The Hall–Kier alpha value is -0.650. The van der Waals surface area contributed by atoms with Crippen molar-refractivity contribution in [2.75, 3.05) is 26.7 Å². The highest BCUT2D eigenvalue weighted by molar-refractivity contribution is 5.80. The Morgan fingerprint density at radius 2 is 2.06 bits per heavy atom. The summed E-state index contributed by atoms with van der Waals surface area (Å²) in [5.41, 5.74) is 5.40. The predicted octanol–water partition coefficient (Wildman–Crippen LogP) is -0.0509. The second-order valence-corrected chi connectivity index (χ2v) is 5.01. The van der Waals surface area contributed by atoms with Crippen LogP contribution in [0.2, 0.25) is 0 Å². The summed E-state index contributed by atoms with van der Waals surface area (Å²) < 4.78 is 5.32. The van der Waals surface area contributed by atoms with Gasteiger partial charge in [-0.25, -0.2) is 0 Å². The van der Waals surface area contributed by atoms with Crippen molar-refractivity contribution in [2.45, 2.75) is 44.9 Å². The van der Waals surface area contributed by atoms with E-state index in [-0.39, 0.29) is 18.0 Å². The summed E-state index contributed by atoms with van der Waals surface area (Å²) in [6.07, 6.45) is 2.43. The summed E-state index contributed by atoms with van der Waals surface area (Å²) in [6, 6.07) is 0.0121. The summed E-state index contributed by atoms with van der Waals surface area (Å²) in [6.45, 7) is 6.69. The number of nitrogens with zero attached hydrogens (tertiary/aromatic N) is 1. The molecule has 0 saturated carbocycles. The van der Waals surface area contributed by atoms with E-state index in [1.54, 1.807) is 7.11 Å². The number of carbonyl (C=O) groups excluding carboxylic acids is 1. The molecule has 0 aromatic rings. The molecule has 5 heteroatoms. The number of carbonyl (C=O) groups is 1. The van der Waals surface area contributed by atoms with Crippen LogP contribution >= 0.6 is 0 Å². The number of nitrogens with one attached hydrogen (secondary N) is 1. The fourth-order valence-electron chi connectivity index (χ4n) is 2.21. The quantitative estimate of drug-likeness (QED) is 0.686. The topological polar surface area (TPSA) is 67.6 Å². The van der Waals surface area contributed by atoms with Crippen LogP contribution in [0.4, 0.5) is 0 Å². The largest absolute Gasteiger partial charge is 0.381 e. The van der Waals surface area contributed by atoms with E-state index < -0.39 is 0 Å². The molecular formula is C12H25N3O2. The Kier molecular flexibility index (Phi) is 5.88. The number of hydrogen-bond donors (Lipinski definition) is 2. The van der Waals surface area contributed by atoms with Gasteiger partial charge < -0.3 is 20.7 Å². The van der Waals surface area contributed by atoms with Gasteiger partial charge in [0, 0.05) is 32.8 Å². The van der Waals surface area contributed by atoms with Crippen LogP contribution in [0.25, 0.3) is 0 Å². The molecule has 0 radical (unpaired) electrons. The smallest absolute Gasteiger partial charge is 0.235 e. The van der Waals surface area contributed by atoms with Crippen molar-refractivity contribution in [2.24, 2.45) is 5.73 Å². The molecule has 1 aliphatic heterocycles. The summed E-state index contributed by atoms with van der Waals surface area (Å²) in [4.78, 5) is 13.6. The second kappa shape index (κ2) is 6.93. The van der Waals surface area contributed by atoms with Gasteiger partial charge in [-0.05, 0) is 12.8 Å². The van der Waals surface area contributed by atoms with Crippen molar-refractivity contribution < 1.29 is 9.53 Å². The maximum atomic E-state index is 11.3. The lowest BCUT2D eigenvalue weighted by Gasteiger charge is -2.33. The fraction of sp³-hybridized carbons (Fsp3) is 0.917. The monoisotopic (exact) mass is 243 g/mol. The molecule has 1 aliphatic rings. The zero-order valence-electron chi connectivity index (χ0n) is 11.1. The Morgan fingerprint density at radius 1 is 1.47 bits per heavy atom. The third-order valence-corrected chi connectivity index (χ3v) is 3.19. The molecule has 5 nitrogen and oxygen atoms in total. The van der Waals surface area contributed by atoms with E-state index in [0.29, 0.717) is 12.6 Å². The highest BCUT2D eigenvalue weighted by atomic mass is 16.5. The van der Waals surface area contributed by atoms with Gasteiger partial charge in [0.15, 0.2) is 0 Å². The van der Waals surface area contributed by atoms with Crippen molar-refractivity contribution in [3.63, 3.8) is 0 Å². The minimum absolute atomic E-state index is 0.255. The van der Waals surface area contributed by atoms with Crippen molar-refractivity contribution in [1.82, 2.24) is 10.2 Å². The first-order valence-electron chi connectivity index (χ1n) is 6.33. The first-order chi connectivity index (χ1) is 8.02. The van der Waals surface area contributed by atoms with Crippen molar-refractivity contribution in [1.29, 1.82) is 0 Å². The normalized spacial score (nSPS) is 20.7. The summed E-state index contributed by atoms with van der Waals surface area (Å²) in [5.74, 6) is -0.271. The third kappa shape index (κ3) is 5.02. The van der Waals surface area contributed by atoms with E-state index in [2.05, 4.69) is 10.2 Å². The molecule has 1 rings (SSSR count). The number of amides is 1. The van der Waals surface area contributed by atoms with Gasteiger partial charge in [0.25, 0.3) is 0 Å². The number of rotatable bonds is 6. The number of nitrogens with two attached hydrogens (primary N) is 1. The molecule has 1 saturated heterocycles. The van der Waals surface area contributed by atoms with Crippen LogP contribution in [0.1, 0.15) is 26.7 Å². The van der Waals surface area contributed by atoms with Crippen LogP contribution in [0, 0.1) is 0 Å². The van der Waals surface area contributed by atoms with E-state index in [4.69, 9.17) is 10.5 Å². The molecular weight excluding hydrogens is 218 g/mol. The number of primary amides is 1. The minimum Gasteiger partial charge on any atom is -0.381 e. The Bertz CT molecular complexity index is 238. The van der Waals surface area contributed by atoms with E-state index in [1.165, 1.54) is 0 Å². The van der Waals surface area contributed by atoms with Gasteiger partial charge in [-0.3, -0.25) is 4.79 Å². The zero-order valence-corrected chi connectivity index (χ0v) is 11.1. The fourth-order valence-corrected chi connectivity index (χ4v) is 2.21. The van der Waals surface area contributed by atoms with Gasteiger partial charge in [-0.15, -0.1) is 0 Å². The molecule has 100 valence electrons. The standard InChI is InChI=1S/C12H25N3O2/c1-9(2)14-11(12(13)16)8-15-6-4-10(17-3)5-7-15/h9-11,14H,4-8H2,1-3H3,(H2,13,16). The molecule has 1 heterocycles. The number of piperidine rings is 1. The molecule has 1 atom stereocenters. The molecule has 1 fully saturated rings. The first kappa shape index (κ1) is 14.4. The lowest BCUT2D eigenvalue weighted by atomic mass is 10.1. The molecule has 3 N–H and O–H groups in total. The average Bonchev–Trinajstić information content (AvgIpc) is 2.28. The van der Waals surface area contributed by atoms with Gasteiger partial charge in [-0.1, -0.05) is 13.8 Å². The summed E-state index contributed by atoms with van der Waals surface area (Å²) in [5, 5.41) is 3.20. The van der Waals surface area contributed by atoms with Gasteiger partial charge in [0.1, 0.15) is 0 Å². The van der Waals surface area contributed by atoms with Crippen molar-refractivity contribution in [3.8, 4) is 0 Å². The molecule has 1 unspecified atom stereocenters. The van der Waals surface area contributed by atoms with Gasteiger partial charge in [0.05, 0.1) is 12.1 Å². The SMILES string of the molecule is COC1CCN(CC(NC(C)C)C(N)=O)CC1. The second-order valence-electron chi connectivity index (χ2n) is 5.01. The van der Waals surface area contributed by atoms with Crippen LogP contribution in [-0.2, 0) is 9.53 Å². The molecule has 0 spiro atoms. The summed E-state index contributed by atoms with van der Waals surface area (Å²) >= 11 is 0. The maximum Gasteiger partial charge on any atom is 0.235 e. The van der Waals surface area contributed by atoms with Crippen LogP contribution in [0.5, 0.6) is 0 Å². The maximum absolute atomic E-state index is 11.3. The highest BCUT2D eigenvalue weighted by Gasteiger charge is 2.24. The average molecular weight is 243 g/mol. The van der Waals surface area contributed by atoms with E-state index in [0.717, 1.165) is 25.9 Å². The molecule has 1 amide bonds. The van der Waals surface area contributed by atoms with Crippen molar-refractivity contribution >= 4 is 5.91 Å². The van der Waals surface area contributed by atoms with Crippen LogP contribution in [0.15, 0.2) is 0 Å². The Balaban J connectivity index is 2.38. The highest BCUT2D eigenvalue weighted by Crippen LogP contribution is 2.12. The molecule has 17 heavy (non-hydrogen) atoms. The van der Waals surface area contributed by atoms with Crippen LogP contribution < -0.4 is 11.1 Å². The van der Waals surface area contributed by atoms with Crippen LogP contribution in [-0.4, -0.2) is 55.7 Å². The zero-order chi connectivity index (χ0) is 12.8. The number of methoxy groups -OCH3 is 1. The molecule has 0 aromatic heterocycles. The predicted molar refractivity (Wildman–Crippen MR) is 67.7 cm³/mol. The van der Waals surface area contributed by atoms with Crippen LogP contribution in [0.3, 0.4) is 0 Å². The number of ether oxygens (including phenoxy) is 1. The third-order valence-electron chi connectivity index (χ3n) is 3.19. The van der Waals surface area contributed by atoms with Gasteiger partial charge in [-0.2, -0.15) is 0 Å². The minimum atomic E-state index is -0.271. The number of hydrogen-bond acceptors (Lipinski definition) is 4. The molecule has 0 bridgehead atoms. The summed E-state index contributed by atoms with van der Waals surface area (Å²) in [7, 11) is 1.76. The van der Waals surface area contributed by atoms with Crippen molar-refractivity contribution in [3.05, 3.63) is 0 Å². The van der Waals surface area contributed by atoms with Gasteiger partial charge in [0.2, 0.25) is 5.91 Å². The Morgan fingerprint density at radius 3 is 2.47 bits per heavy atom. The van der Waals surface area contributed by atoms with E-state index in [1.807, 2.05) is 13.8 Å². The molecule has 0 aliphatic carbocycles. The molecule has 0 aromatic carbocycles. The lowest BCUT2D eigenvalue weighted by molar-refractivity contribution is -0.120. The van der Waals surface area contributed by atoms with E-state index in [9.17, 15) is 4.79 Å². The van der Waals surface area contributed by atoms with Gasteiger partial charge >= 0.3 is 0 Å². The van der Waals surface area contributed by atoms with E-state index >= 15 is 0 Å². The first-order valence-corrected chi connectivity index (χ1v) is 6.33.